The Kier molecular flexibility index (Phi) is 7.63. The number of hydrogen-bond donors (Lipinski definition) is 0. The molecule has 12 rings (SSSR count). The second-order valence-corrected chi connectivity index (χ2v) is 15.8. The van der Waals surface area contributed by atoms with Crippen molar-refractivity contribution in [3.63, 3.8) is 0 Å². The minimum atomic E-state index is 1.12. The van der Waals surface area contributed by atoms with Gasteiger partial charge in [-0.3, -0.25) is 0 Å². The fourth-order valence-corrected chi connectivity index (χ4v) is 9.75. The van der Waals surface area contributed by atoms with Crippen LogP contribution in [0, 0.1) is 0 Å². The Bertz CT molecular complexity index is 3680. The van der Waals surface area contributed by atoms with E-state index >= 15 is 0 Å². The molecule has 0 atom stereocenters. The average molecular weight is 769 g/mol. The molecule has 0 aliphatic rings. The molecule has 4 heterocycles. The summed E-state index contributed by atoms with van der Waals surface area (Å²) in [4.78, 5) is 0. The second kappa shape index (κ2) is 13.4. The summed E-state index contributed by atoms with van der Waals surface area (Å²) < 4.78 is 9.57. The summed E-state index contributed by atoms with van der Waals surface area (Å²) in [6.45, 7) is 2.05. The maximum absolute atomic E-state index is 2.46. The zero-order chi connectivity index (χ0) is 39.9. The molecular formula is C56H40N4. The first-order valence-corrected chi connectivity index (χ1v) is 20.7. The first-order valence-electron chi connectivity index (χ1n) is 20.7. The van der Waals surface area contributed by atoms with Crippen LogP contribution >= 0.6 is 0 Å². The van der Waals surface area contributed by atoms with E-state index in [0.29, 0.717) is 0 Å². The lowest BCUT2D eigenvalue weighted by molar-refractivity contribution is 1.01. The Morgan fingerprint density at radius 3 is 1.50 bits per heavy atom. The van der Waals surface area contributed by atoms with Crippen molar-refractivity contribution in [3.8, 4) is 28.2 Å². The zero-order valence-electron chi connectivity index (χ0n) is 33.4. The summed E-state index contributed by atoms with van der Waals surface area (Å²) in [6.07, 6.45) is 8.47. The van der Waals surface area contributed by atoms with Crippen LogP contribution in [0.4, 0.5) is 0 Å². The number of rotatable bonds is 6. The van der Waals surface area contributed by atoms with Crippen LogP contribution in [0.15, 0.2) is 200 Å². The van der Waals surface area contributed by atoms with E-state index in [-0.39, 0.29) is 0 Å². The maximum Gasteiger partial charge on any atom is 0.0561 e. The third-order valence-electron chi connectivity index (χ3n) is 12.5. The van der Waals surface area contributed by atoms with Crippen molar-refractivity contribution >= 4 is 82.4 Å². The molecule has 0 aliphatic carbocycles. The molecule has 8 aromatic carbocycles. The summed E-state index contributed by atoms with van der Waals surface area (Å²) >= 11 is 0. The van der Waals surface area contributed by atoms with Crippen LogP contribution in [-0.4, -0.2) is 18.3 Å². The molecule has 12 aromatic rings. The molecule has 0 bridgehead atoms. The molecule has 4 aromatic heterocycles. The Balaban J connectivity index is 1.08. The van der Waals surface area contributed by atoms with Crippen molar-refractivity contribution in [2.75, 3.05) is 0 Å². The van der Waals surface area contributed by atoms with Crippen LogP contribution in [0.2, 0.25) is 0 Å². The lowest BCUT2D eigenvalue weighted by Crippen LogP contribution is -1.99. The smallest absolute Gasteiger partial charge is 0.0561 e. The van der Waals surface area contributed by atoms with Crippen molar-refractivity contribution < 1.29 is 0 Å². The fraction of sp³-hybridized carbons (Fsp3) is 0.0357. The molecule has 0 aliphatic heterocycles. The number of nitrogens with zero attached hydrogens (tertiary/aromatic N) is 4. The van der Waals surface area contributed by atoms with Crippen molar-refractivity contribution in [3.05, 3.63) is 206 Å². The molecule has 0 fully saturated rings. The van der Waals surface area contributed by atoms with E-state index in [4.69, 9.17) is 0 Å². The van der Waals surface area contributed by atoms with E-state index in [1.54, 1.807) is 0 Å². The molecule has 284 valence electrons. The number of hydrogen-bond acceptors (Lipinski definition) is 0. The summed E-state index contributed by atoms with van der Waals surface area (Å²) in [5.74, 6) is 0. The average Bonchev–Trinajstić information content (AvgIpc) is 4.02. The molecule has 0 radical (unpaired) electrons. The standard InChI is InChI=1S/C56H40N4/c1-3-4-5-15-41-33-39-14-6-10-19-50(39)58(41)42-28-31-48-49-32-29-43(60-52-21-12-8-17-45(52)46-18-9-13-22-53(46)60)36-56(49)59(55(48)35-42)40-26-23-37(24-27-40)38-25-30-47-44-16-7-11-20-51(44)57(2)54(47)34-38/h3-36H,1-2H3/b4-3-,15-5-. The number of fused-ring (bicyclic) bond motifs is 10. The molecule has 4 heteroatoms. The number of aryl methyl sites for hydroxylation is 1. The number of allylic oxidation sites excluding steroid dienone is 3. The summed E-state index contributed by atoms with van der Waals surface area (Å²) in [5, 5.41) is 8.74. The Morgan fingerprint density at radius 2 is 0.833 bits per heavy atom. The van der Waals surface area contributed by atoms with E-state index in [9.17, 15) is 0 Å². The van der Waals surface area contributed by atoms with E-state index in [0.717, 1.165) is 33.8 Å². The van der Waals surface area contributed by atoms with Gasteiger partial charge in [-0.2, -0.15) is 0 Å². The lowest BCUT2D eigenvalue weighted by Gasteiger charge is -2.13. The van der Waals surface area contributed by atoms with Crippen LogP contribution in [0.25, 0.3) is 111 Å². The summed E-state index contributed by atoms with van der Waals surface area (Å²) in [7, 11) is 2.17. The topological polar surface area (TPSA) is 19.7 Å². The van der Waals surface area contributed by atoms with Gasteiger partial charge in [0.05, 0.1) is 27.6 Å². The highest BCUT2D eigenvalue weighted by Gasteiger charge is 2.19. The number of benzene rings is 8. The largest absolute Gasteiger partial charge is 0.344 e. The zero-order valence-corrected chi connectivity index (χ0v) is 33.4. The van der Waals surface area contributed by atoms with Gasteiger partial charge in [0.1, 0.15) is 0 Å². The van der Waals surface area contributed by atoms with Crippen LogP contribution in [0.5, 0.6) is 0 Å². The molecule has 0 N–H and O–H groups in total. The van der Waals surface area contributed by atoms with Gasteiger partial charge in [0.15, 0.2) is 0 Å². The fourth-order valence-electron chi connectivity index (χ4n) is 9.75. The minimum absolute atomic E-state index is 1.12. The molecule has 4 nitrogen and oxygen atoms in total. The monoisotopic (exact) mass is 768 g/mol. The second-order valence-electron chi connectivity index (χ2n) is 15.8. The van der Waals surface area contributed by atoms with Crippen LogP contribution in [0.3, 0.4) is 0 Å². The number of para-hydroxylation sites is 4. The predicted molar refractivity (Wildman–Crippen MR) is 255 cm³/mol. The van der Waals surface area contributed by atoms with Gasteiger partial charge in [-0.05, 0) is 96.9 Å². The molecular weight excluding hydrogens is 729 g/mol. The van der Waals surface area contributed by atoms with Gasteiger partial charge >= 0.3 is 0 Å². The summed E-state index contributed by atoms with van der Waals surface area (Å²) in [5.41, 5.74) is 15.3. The molecule has 0 spiro atoms. The quantitative estimate of drug-likeness (QED) is 0.150. The molecule has 0 saturated heterocycles. The van der Waals surface area contributed by atoms with E-state index in [1.807, 2.05) is 0 Å². The van der Waals surface area contributed by atoms with Crippen molar-refractivity contribution in [1.82, 2.24) is 18.3 Å². The van der Waals surface area contributed by atoms with Gasteiger partial charge in [-0.15, -0.1) is 0 Å². The SMILES string of the molecule is C/C=C\C=C/c1cc2ccccc2n1-c1ccc2c3ccc(-n4c5ccccc5c5ccccc54)cc3n(-c3ccc(-c4ccc5c6ccccc6n(C)c5c4)cc3)c2c1. The van der Waals surface area contributed by atoms with Gasteiger partial charge in [0, 0.05) is 78.5 Å². The Morgan fingerprint density at radius 1 is 0.350 bits per heavy atom. The maximum atomic E-state index is 2.46. The van der Waals surface area contributed by atoms with E-state index < -0.39 is 0 Å². The normalized spacial score (nSPS) is 12.4. The highest BCUT2D eigenvalue weighted by atomic mass is 15.0. The van der Waals surface area contributed by atoms with Gasteiger partial charge in [-0.25, -0.2) is 0 Å². The van der Waals surface area contributed by atoms with Crippen LogP contribution in [0.1, 0.15) is 12.6 Å². The third-order valence-corrected chi connectivity index (χ3v) is 12.5. The number of aromatic nitrogens is 4. The van der Waals surface area contributed by atoms with Crippen molar-refractivity contribution in [2.24, 2.45) is 7.05 Å². The molecule has 0 amide bonds. The van der Waals surface area contributed by atoms with E-state index in [1.165, 1.54) is 76.4 Å². The third kappa shape index (κ3) is 5.11. The van der Waals surface area contributed by atoms with Gasteiger partial charge < -0.3 is 18.3 Å². The van der Waals surface area contributed by atoms with E-state index in [2.05, 4.69) is 239 Å². The molecule has 0 unspecified atom stereocenters. The molecule has 60 heavy (non-hydrogen) atoms. The Labute approximate surface area is 347 Å². The van der Waals surface area contributed by atoms with Gasteiger partial charge in [0.2, 0.25) is 0 Å². The van der Waals surface area contributed by atoms with Crippen LogP contribution < -0.4 is 0 Å². The van der Waals surface area contributed by atoms with Crippen molar-refractivity contribution in [1.29, 1.82) is 0 Å². The lowest BCUT2D eigenvalue weighted by atomic mass is 10.0. The summed E-state index contributed by atoms with van der Waals surface area (Å²) in [6, 6.07) is 67.0. The highest BCUT2D eigenvalue weighted by molar-refractivity contribution is 6.13. The van der Waals surface area contributed by atoms with Gasteiger partial charge in [0.25, 0.3) is 0 Å². The Hall–Kier alpha value is -7.82. The molecule has 0 saturated carbocycles. The highest BCUT2D eigenvalue weighted by Crippen LogP contribution is 2.39. The predicted octanol–water partition coefficient (Wildman–Crippen LogP) is 14.7. The van der Waals surface area contributed by atoms with Gasteiger partial charge in [-0.1, -0.05) is 127 Å². The first-order chi connectivity index (χ1) is 29.6. The van der Waals surface area contributed by atoms with Crippen LogP contribution in [-0.2, 0) is 7.05 Å². The minimum Gasteiger partial charge on any atom is -0.344 e. The van der Waals surface area contributed by atoms with Crippen molar-refractivity contribution in [2.45, 2.75) is 6.92 Å². The first kappa shape index (κ1) is 34.2.